The summed E-state index contributed by atoms with van der Waals surface area (Å²) in [6.45, 7) is 1.34. The van der Waals surface area contributed by atoms with Crippen molar-refractivity contribution < 1.29 is 30.0 Å². The number of benzene rings is 2. The van der Waals surface area contributed by atoms with Crippen LogP contribution in [0.2, 0.25) is 0 Å². The summed E-state index contributed by atoms with van der Waals surface area (Å²) in [7, 11) is -8.56. The normalized spacial score (nSPS) is 12.1. The molecule has 0 atom stereocenters. The van der Waals surface area contributed by atoms with Crippen LogP contribution in [0.4, 0.5) is 24.5 Å². The van der Waals surface area contributed by atoms with E-state index >= 15 is 0 Å². The summed E-state index contributed by atoms with van der Waals surface area (Å²) in [5.41, 5.74) is -2.29. The topological polar surface area (TPSA) is 127 Å². The van der Waals surface area contributed by atoms with Gasteiger partial charge in [0.2, 0.25) is 20.0 Å². The minimum Gasteiger partial charge on any atom is -0.350 e. The maximum atomic E-state index is 14.9. The van der Waals surface area contributed by atoms with Crippen molar-refractivity contribution in [2.24, 2.45) is 0 Å². The fourth-order valence-electron chi connectivity index (χ4n) is 3.20. The first-order chi connectivity index (χ1) is 15.8. The number of hydrogen-bond donors (Lipinski definition) is 0. The fraction of sp³-hybridized carbons (Fsp3) is 0.278. The molecular formula is C18H19F3N6O5S2. The van der Waals surface area contributed by atoms with Gasteiger partial charge in [-0.05, 0) is 41.6 Å². The molecule has 3 aromatic rings. The van der Waals surface area contributed by atoms with Gasteiger partial charge in [-0.25, -0.2) is 34.8 Å². The number of anilines is 2. The van der Waals surface area contributed by atoms with Gasteiger partial charge in [0.1, 0.15) is 18.2 Å². The minimum absolute atomic E-state index is 0.0855. The number of sulfonamides is 2. The number of hydrogen-bond acceptors (Lipinski definition) is 8. The average molecular weight is 521 g/mol. The molecule has 0 aliphatic rings. The predicted octanol–water partition coefficient (Wildman–Crippen LogP) is 1.06. The number of tetrazole rings is 1. The highest BCUT2D eigenvalue weighted by molar-refractivity contribution is 8.09. The monoisotopic (exact) mass is 520 g/mol. The Morgan fingerprint density at radius 1 is 0.912 bits per heavy atom. The Labute approximate surface area is 192 Å². The fourth-order valence-corrected chi connectivity index (χ4v) is 6.16. The molecule has 0 amide bonds. The molecule has 0 spiro atoms. The van der Waals surface area contributed by atoms with E-state index in [4.69, 9.17) is 0 Å². The van der Waals surface area contributed by atoms with Crippen molar-refractivity contribution in [3.05, 3.63) is 64.3 Å². The Morgan fingerprint density at radius 2 is 1.50 bits per heavy atom. The lowest BCUT2D eigenvalue weighted by molar-refractivity contribution is 0.537. The van der Waals surface area contributed by atoms with E-state index in [0.29, 0.717) is 23.3 Å². The third-order valence-electron chi connectivity index (χ3n) is 4.56. The standard InChI is InChI=1S/C18H19F3N6O5S2/c1-4-24(11-25-18(28)26(23-22-25)17-13(19)6-5-7-14(17)20)16-9-8-12(10-15(16)21)27(33(2,29)30)34(3,31)32/h5-10H,4,11H2,1-3H3. The quantitative estimate of drug-likeness (QED) is 0.431. The van der Waals surface area contributed by atoms with Gasteiger partial charge in [0.05, 0.1) is 23.9 Å². The van der Waals surface area contributed by atoms with E-state index in [1.54, 1.807) is 6.92 Å². The highest BCUT2D eigenvalue weighted by Crippen LogP contribution is 2.28. The largest absolute Gasteiger partial charge is 0.370 e. The van der Waals surface area contributed by atoms with Gasteiger partial charge in [-0.3, -0.25) is 0 Å². The van der Waals surface area contributed by atoms with E-state index in [1.165, 1.54) is 4.90 Å². The molecule has 0 saturated carbocycles. The third-order valence-corrected chi connectivity index (χ3v) is 7.81. The summed E-state index contributed by atoms with van der Waals surface area (Å²) in [6, 6.07) is 5.92. The zero-order valence-electron chi connectivity index (χ0n) is 18.1. The van der Waals surface area contributed by atoms with Crippen LogP contribution in [0, 0.1) is 17.5 Å². The van der Waals surface area contributed by atoms with Crippen LogP contribution >= 0.6 is 0 Å². The number of halogens is 3. The molecule has 0 N–H and O–H groups in total. The molecule has 2 aromatic carbocycles. The summed E-state index contributed by atoms with van der Waals surface area (Å²) < 4.78 is 91.9. The van der Waals surface area contributed by atoms with Crippen LogP contribution in [0.3, 0.4) is 0 Å². The van der Waals surface area contributed by atoms with Crippen LogP contribution in [-0.4, -0.2) is 55.7 Å². The van der Waals surface area contributed by atoms with Crippen molar-refractivity contribution in [2.75, 3.05) is 27.7 Å². The molecule has 0 aliphatic heterocycles. The maximum absolute atomic E-state index is 14.9. The van der Waals surface area contributed by atoms with Crippen LogP contribution in [0.5, 0.6) is 0 Å². The van der Waals surface area contributed by atoms with Gasteiger partial charge in [-0.15, -0.1) is 0 Å². The Morgan fingerprint density at radius 3 is 2.00 bits per heavy atom. The molecule has 0 unspecified atom stereocenters. The van der Waals surface area contributed by atoms with Crippen LogP contribution < -0.4 is 14.3 Å². The summed E-state index contributed by atoms with van der Waals surface area (Å²) in [5, 5.41) is 7.06. The SMILES string of the molecule is CCN(Cn1nnn(-c2c(F)cccc2F)c1=O)c1ccc(N(S(C)(=O)=O)S(C)(=O)=O)cc1F. The van der Waals surface area contributed by atoms with Crippen molar-refractivity contribution in [1.82, 2.24) is 19.8 Å². The Bertz CT molecular complexity index is 1450. The lowest BCUT2D eigenvalue weighted by Gasteiger charge is -2.24. The first-order valence-corrected chi connectivity index (χ1v) is 13.2. The molecule has 0 bridgehead atoms. The zero-order chi connectivity index (χ0) is 25.4. The number of rotatable bonds is 8. The zero-order valence-corrected chi connectivity index (χ0v) is 19.7. The van der Waals surface area contributed by atoms with E-state index in [9.17, 15) is 34.8 Å². The molecule has 1 heterocycles. The lowest BCUT2D eigenvalue weighted by Crippen LogP contribution is -2.36. The molecule has 16 heteroatoms. The van der Waals surface area contributed by atoms with Crippen LogP contribution in [0.25, 0.3) is 5.69 Å². The number of para-hydroxylation sites is 1. The summed E-state index contributed by atoms with van der Waals surface area (Å²) in [6.07, 6.45) is 1.32. The third kappa shape index (κ3) is 4.91. The van der Waals surface area contributed by atoms with E-state index < -0.39 is 54.6 Å². The molecule has 1 aromatic heterocycles. The van der Waals surface area contributed by atoms with Crippen molar-refractivity contribution in [2.45, 2.75) is 13.6 Å². The van der Waals surface area contributed by atoms with Crippen LogP contribution in [0.1, 0.15) is 6.92 Å². The molecule has 11 nitrogen and oxygen atoms in total. The van der Waals surface area contributed by atoms with Gasteiger partial charge in [0.15, 0.2) is 11.6 Å². The van der Waals surface area contributed by atoms with Gasteiger partial charge in [0.25, 0.3) is 0 Å². The summed E-state index contributed by atoms with van der Waals surface area (Å²) in [5.74, 6) is -3.06. The van der Waals surface area contributed by atoms with Gasteiger partial charge in [-0.1, -0.05) is 6.07 Å². The molecular weight excluding hydrogens is 501 g/mol. The van der Waals surface area contributed by atoms with Crippen molar-refractivity contribution in [3.8, 4) is 5.69 Å². The smallest absolute Gasteiger partial charge is 0.350 e. The second kappa shape index (κ2) is 9.09. The van der Waals surface area contributed by atoms with Crippen molar-refractivity contribution >= 4 is 31.4 Å². The highest BCUT2D eigenvalue weighted by Gasteiger charge is 2.28. The van der Waals surface area contributed by atoms with Crippen LogP contribution in [0.15, 0.2) is 41.2 Å². The predicted molar refractivity (Wildman–Crippen MR) is 117 cm³/mol. The summed E-state index contributed by atoms with van der Waals surface area (Å²) >= 11 is 0. The second-order valence-electron chi connectivity index (χ2n) is 7.10. The first-order valence-electron chi connectivity index (χ1n) is 9.48. The summed E-state index contributed by atoms with van der Waals surface area (Å²) in [4.78, 5) is 13.9. The number of nitrogens with zero attached hydrogens (tertiary/aromatic N) is 6. The van der Waals surface area contributed by atoms with Crippen molar-refractivity contribution in [1.29, 1.82) is 0 Å². The van der Waals surface area contributed by atoms with Gasteiger partial charge >= 0.3 is 5.69 Å². The molecule has 34 heavy (non-hydrogen) atoms. The van der Waals surface area contributed by atoms with E-state index in [0.717, 1.165) is 35.0 Å². The highest BCUT2D eigenvalue weighted by atomic mass is 32.3. The molecule has 184 valence electrons. The number of aromatic nitrogens is 4. The van der Waals surface area contributed by atoms with Gasteiger partial charge < -0.3 is 4.90 Å². The molecule has 0 radical (unpaired) electrons. The Kier molecular flexibility index (Phi) is 6.75. The molecule has 3 rings (SSSR count). The Hall–Kier alpha value is -3.40. The molecule has 0 saturated heterocycles. The van der Waals surface area contributed by atoms with Gasteiger partial charge in [0, 0.05) is 12.6 Å². The van der Waals surface area contributed by atoms with E-state index in [2.05, 4.69) is 10.4 Å². The molecule has 0 aliphatic carbocycles. The second-order valence-corrected chi connectivity index (χ2v) is 11.0. The first kappa shape index (κ1) is 25.2. The minimum atomic E-state index is -4.28. The average Bonchev–Trinajstić information content (AvgIpc) is 3.04. The van der Waals surface area contributed by atoms with Crippen LogP contribution in [-0.2, 0) is 26.7 Å². The Balaban J connectivity index is 1.98. The molecule has 0 fully saturated rings. The maximum Gasteiger partial charge on any atom is 0.370 e. The van der Waals surface area contributed by atoms with E-state index in [1.807, 2.05) is 0 Å². The van der Waals surface area contributed by atoms with E-state index in [-0.39, 0.29) is 22.6 Å². The van der Waals surface area contributed by atoms with Crippen molar-refractivity contribution in [3.63, 3.8) is 0 Å². The van der Waals surface area contributed by atoms with Gasteiger partial charge in [-0.2, -0.15) is 13.1 Å². The lowest BCUT2D eigenvalue weighted by atomic mass is 10.2.